The number of piperidine rings is 1. The maximum Gasteiger partial charge on any atom is 0.193 e. The Morgan fingerprint density at radius 3 is 2.70 bits per heavy atom. The molecule has 0 saturated carbocycles. The maximum absolute atomic E-state index is 5.47. The van der Waals surface area contributed by atoms with Gasteiger partial charge in [-0.2, -0.15) is 0 Å². The molecular formula is C21H43IN4O. The molecule has 2 saturated heterocycles. The van der Waals surface area contributed by atoms with Crippen LogP contribution in [0, 0.1) is 11.8 Å². The van der Waals surface area contributed by atoms with Gasteiger partial charge in [-0.3, -0.25) is 4.99 Å². The lowest BCUT2D eigenvalue weighted by Gasteiger charge is -2.30. The highest BCUT2D eigenvalue weighted by Crippen LogP contribution is 2.18. The van der Waals surface area contributed by atoms with E-state index >= 15 is 0 Å². The Kier molecular flexibility index (Phi) is 13.7. The highest BCUT2D eigenvalue weighted by atomic mass is 127. The summed E-state index contributed by atoms with van der Waals surface area (Å²) in [5.74, 6) is 2.78. The van der Waals surface area contributed by atoms with Gasteiger partial charge >= 0.3 is 0 Å². The topological polar surface area (TPSA) is 40.1 Å². The molecule has 0 aliphatic carbocycles. The highest BCUT2D eigenvalue weighted by Gasteiger charge is 2.16. The Morgan fingerprint density at radius 2 is 2.00 bits per heavy atom. The van der Waals surface area contributed by atoms with Gasteiger partial charge in [0.2, 0.25) is 0 Å². The van der Waals surface area contributed by atoms with Crippen LogP contribution in [-0.4, -0.2) is 75.3 Å². The molecule has 0 aromatic heterocycles. The van der Waals surface area contributed by atoms with Crippen LogP contribution in [0.4, 0.5) is 0 Å². The first-order chi connectivity index (χ1) is 12.7. The van der Waals surface area contributed by atoms with E-state index in [1.165, 1.54) is 64.6 Å². The van der Waals surface area contributed by atoms with Crippen molar-refractivity contribution in [2.24, 2.45) is 16.8 Å². The number of hydrogen-bond donors (Lipinski definition) is 1. The lowest BCUT2D eigenvalue weighted by Crippen LogP contribution is -2.40. The number of nitrogens with zero attached hydrogens (tertiary/aromatic N) is 3. The Bertz CT molecular complexity index is 402. The van der Waals surface area contributed by atoms with Gasteiger partial charge in [-0.05, 0) is 76.8 Å². The SMILES string of the molecule is CCNC(=NCCCCN1CCCC(C)C1)N(C)CCC1CCOCC1.I. The zero-order valence-electron chi connectivity index (χ0n) is 17.9. The number of guanidine groups is 1. The minimum Gasteiger partial charge on any atom is -0.381 e. The van der Waals surface area contributed by atoms with Crippen molar-refractivity contribution in [3.63, 3.8) is 0 Å². The molecule has 27 heavy (non-hydrogen) atoms. The third-order valence-corrected chi connectivity index (χ3v) is 5.80. The van der Waals surface area contributed by atoms with Crippen LogP contribution in [0.25, 0.3) is 0 Å². The van der Waals surface area contributed by atoms with E-state index in [-0.39, 0.29) is 24.0 Å². The molecule has 2 aliphatic rings. The normalized spacial score (nSPS) is 22.3. The van der Waals surface area contributed by atoms with E-state index < -0.39 is 0 Å². The average molecular weight is 495 g/mol. The number of ether oxygens (including phenoxy) is 1. The van der Waals surface area contributed by atoms with Gasteiger partial charge in [-0.1, -0.05) is 6.92 Å². The lowest BCUT2D eigenvalue weighted by atomic mass is 9.96. The molecule has 2 fully saturated rings. The predicted octanol–water partition coefficient (Wildman–Crippen LogP) is 3.83. The summed E-state index contributed by atoms with van der Waals surface area (Å²) in [4.78, 5) is 9.82. The molecule has 2 aliphatic heterocycles. The predicted molar refractivity (Wildman–Crippen MR) is 126 cm³/mol. The summed E-state index contributed by atoms with van der Waals surface area (Å²) >= 11 is 0. The number of unbranched alkanes of at least 4 members (excludes halogenated alkanes) is 1. The third-order valence-electron chi connectivity index (χ3n) is 5.80. The number of aliphatic imine (C=N–C) groups is 1. The first-order valence-corrected chi connectivity index (χ1v) is 11.0. The van der Waals surface area contributed by atoms with Crippen molar-refractivity contribution in [1.82, 2.24) is 15.1 Å². The van der Waals surface area contributed by atoms with Gasteiger partial charge in [0.05, 0.1) is 0 Å². The number of nitrogens with one attached hydrogen (secondary N) is 1. The fraction of sp³-hybridized carbons (Fsp3) is 0.952. The number of halogens is 1. The summed E-state index contributed by atoms with van der Waals surface area (Å²) in [6.45, 7) is 13.2. The van der Waals surface area contributed by atoms with Crippen LogP contribution in [0.15, 0.2) is 4.99 Å². The molecule has 0 aromatic rings. The van der Waals surface area contributed by atoms with Crippen molar-refractivity contribution in [2.45, 2.75) is 58.8 Å². The first-order valence-electron chi connectivity index (χ1n) is 11.0. The van der Waals surface area contributed by atoms with Gasteiger partial charge in [0.1, 0.15) is 0 Å². The molecule has 0 radical (unpaired) electrons. The molecule has 160 valence electrons. The molecule has 0 bridgehead atoms. The summed E-state index contributed by atoms with van der Waals surface area (Å²) in [6, 6.07) is 0. The number of likely N-dealkylation sites (tertiary alicyclic amines) is 1. The van der Waals surface area contributed by atoms with Crippen LogP contribution in [0.1, 0.15) is 58.8 Å². The molecule has 2 rings (SSSR count). The van der Waals surface area contributed by atoms with E-state index in [9.17, 15) is 0 Å². The summed E-state index contributed by atoms with van der Waals surface area (Å²) in [7, 11) is 2.18. The van der Waals surface area contributed by atoms with Crippen LogP contribution < -0.4 is 5.32 Å². The zero-order valence-corrected chi connectivity index (χ0v) is 20.2. The van der Waals surface area contributed by atoms with E-state index in [1.54, 1.807) is 0 Å². The van der Waals surface area contributed by atoms with Crippen molar-refractivity contribution < 1.29 is 4.74 Å². The smallest absolute Gasteiger partial charge is 0.193 e. The fourth-order valence-electron chi connectivity index (χ4n) is 4.11. The van der Waals surface area contributed by atoms with Crippen molar-refractivity contribution in [2.75, 3.05) is 59.5 Å². The first kappa shape index (κ1) is 25.0. The van der Waals surface area contributed by atoms with Crippen molar-refractivity contribution in [3.05, 3.63) is 0 Å². The molecular weight excluding hydrogens is 451 g/mol. The molecule has 1 atom stereocenters. The Morgan fingerprint density at radius 1 is 1.22 bits per heavy atom. The highest BCUT2D eigenvalue weighted by molar-refractivity contribution is 14.0. The van der Waals surface area contributed by atoms with Crippen molar-refractivity contribution in [3.8, 4) is 0 Å². The van der Waals surface area contributed by atoms with Gasteiger partial charge in [-0.25, -0.2) is 0 Å². The standard InChI is InChI=1S/C21H42N4O.HI/c1-4-22-21(24(3)15-9-20-10-16-26-17-11-20)23-12-5-6-13-25-14-7-8-19(2)18-25;/h19-20H,4-18H2,1-3H3,(H,22,23);1H. The number of hydrogen-bond acceptors (Lipinski definition) is 3. The van der Waals surface area contributed by atoms with Crippen LogP contribution in [0.2, 0.25) is 0 Å². The molecule has 6 heteroatoms. The minimum atomic E-state index is 0. The van der Waals surface area contributed by atoms with E-state index in [4.69, 9.17) is 9.73 Å². The summed E-state index contributed by atoms with van der Waals surface area (Å²) in [5, 5.41) is 3.46. The Hall–Kier alpha value is -0.0800. The summed E-state index contributed by atoms with van der Waals surface area (Å²) in [5.41, 5.74) is 0. The third kappa shape index (κ3) is 10.3. The van der Waals surface area contributed by atoms with Gasteiger partial charge in [0.25, 0.3) is 0 Å². The lowest BCUT2D eigenvalue weighted by molar-refractivity contribution is 0.0625. The summed E-state index contributed by atoms with van der Waals surface area (Å²) < 4.78 is 5.47. The second-order valence-corrected chi connectivity index (χ2v) is 8.26. The van der Waals surface area contributed by atoms with Gasteiger partial charge < -0.3 is 19.9 Å². The molecule has 0 spiro atoms. The number of rotatable bonds is 9. The van der Waals surface area contributed by atoms with Gasteiger partial charge in [0.15, 0.2) is 5.96 Å². The second-order valence-electron chi connectivity index (χ2n) is 8.26. The van der Waals surface area contributed by atoms with Crippen molar-refractivity contribution in [1.29, 1.82) is 0 Å². The second kappa shape index (κ2) is 14.9. The zero-order chi connectivity index (χ0) is 18.6. The van der Waals surface area contributed by atoms with Crippen LogP contribution in [0.5, 0.6) is 0 Å². The average Bonchev–Trinajstić information content (AvgIpc) is 2.66. The van der Waals surface area contributed by atoms with E-state index in [2.05, 4.69) is 36.0 Å². The Balaban J connectivity index is 0.00000364. The Labute approximate surface area is 184 Å². The maximum atomic E-state index is 5.47. The largest absolute Gasteiger partial charge is 0.381 e. The molecule has 1 unspecified atom stereocenters. The fourth-order valence-corrected chi connectivity index (χ4v) is 4.11. The van der Waals surface area contributed by atoms with Gasteiger partial charge in [0, 0.05) is 46.4 Å². The van der Waals surface area contributed by atoms with Crippen LogP contribution in [0.3, 0.4) is 0 Å². The van der Waals surface area contributed by atoms with Crippen LogP contribution >= 0.6 is 24.0 Å². The van der Waals surface area contributed by atoms with E-state index in [0.717, 1.165) is 50.6 Å². The molecule has 5 nitrogen and oxygen atoms in total. The monoisotopic (exact) mass is 494 g/mol. The van der Waals surface area contributed by atoms with E-state index in [1.807, 2.05) is 0 Å². The minimum absolute atomic E-state index is 0. The van der Waals surface area contributed by atoms with E-state index in [0.29, 0.717) is 0 Å². The van der Waals surface area contributed by atoms with Gasteiger partial charge in [-0.15, -0.1) is 24.0 Å². The van der Waals surface area contributed by atoms with Crippen LogP contribution in [-0.2, 0) is 4.74 Å². The molecule has 0 aromatic carbocycles. The molecule has 1 N–H and O–H groups in total. The van der Waals surface area contributed by atoms with Crippen molar-refractivity contribution >= 4 is 29.9 Å². The summed E-state index contributed by atoms with van der Waals surface area (Å²) in [6.07, 6.45) is 8.93. The quantitative estimate of drug-likeness (QED) is 0.229. The molecule has 2 heterocycles. The molecule has 0 amide bonds.